The summed E-state index contributed by atoms with van der Waals surface area (Å²) in [5, 5.41) is 19.0. The van der Waals surface area contributed by atoms with Crippen molar-refractivity contribution in [3.8, 4) is 0 Å². The van der Waals surface area contributed by atoms with E-state index in [-0.39, 0.29) is 51.4 Å². The maximum atomic E-state index is 10.5. The summed E-state index contributed by atoms with van der Waals surface area (Å²) >= 11 is 0. The molecule has 0 saturated heterocycles. The van der Waals surface area contributed by atoms with Crippen molar-refractivity contribution in [3.05, 3.63) is 0 Å². The largest absolute Gasteiger partial charge is 1.00 e. The van der Waals surface area contributed by atoms with Crippen molar-refractivity contribution in [2.75, 3.05) is 0 Å². The molecule has 0 aliphatic rings. The average Bonchev–Trinajstić information content (AvgIpc) is 1.59. The van der Waals surface area contributed by atoms with E-state index in [2.05, 4.69) is 0 Å². The Balaban J connectivity index is -0.000000126. The Morgan fingerprint density at radius 2 is 1.17 bits per heavy atom. The second kappa shape index (κ2) is 7.91. The molecule has 1 N–H and O–H groups in total. The van der Waals surface area contributed by atoms with Gasteiger partial charge in [0.1, 0.15) is 0 Å². The summed E-state index contributed by atoms with van der Waals surface area (Å²) in [6.45, 7) is 10.5. The van der Waals surface area contributed by atoms with E-state index in [4.69, 9.17) is 5.11 Å². The second-order valence-corrected chi connectivity index (χ2v) is 4.28. The van der Waals surface area contributed by atoms with Crippen molar-refractivity contribution in [2.45, 2.75) is 59.2 Å². The minimum Gasteiger partial charge on any atom is -0.850 e. The first kappa shape index (κ1) is 19.2. The van der Waals surface area contributed by atoms with Gasteiger partial charge in [-0.25, -0.2) is 0 Å². The van der Waals surface area contributed by atoms with E-state index >= 15 is 0 Å². The van der Waals surface area contributed by atoms with E-state index in [1.165, 1.54) is 0 Å². The van der Waals surface area contributed by atoms with Gasteiger partial charge in [-0.1, -0.05) is 27.2 Å². The van der Waals surface area contributed by atoms with Crippen LogP contribution < -0.4 is 56.5 Å². The molecule has 0 aromatic heterocycles. The SMILES string of the molecule is CC(C)(C)O.CCC(C)(C)[O-].[K+]. The number of hydrogen-bond donors (Lipinski definition) is 1. The molecule has 0 aliphatic heterocycles. The number of rotatable bonds is 1. The predicted octanol–water partition coefficient (Wildman–Crippen LogP) is -1.68. The van der Waals surface area contributed by atoms with Crippen LogP contribution in [0.5, 0.6) is 0 Å². The van der Waals surface area contributed by atoms with Gasteiger partial charge in [-0.2, -0.15) is 0 Å². The topological polar surface area (TPSA) is 43.3 Å². The van der Waals surface area contributed by atoms with E-state index < -0.39 is 11.2 Å². The molecular formula is C9H21KO2. The Labute approximate surface area is 119 Å². The van der Waals surface area contributed by atoms with E-state index in [1.54, 1.807) is 34.6 Å². The Kier molecular flexibility index (Phi) is 12.6. The summed E-state index contributed by atoms with van der Waals surface area (Å²) in [5.41, 5.74) is -1.21. The molecule has 0 atom stereocenters. The molecule has 0 rings (SSSR count). The molecule has 3 heteroatoms. The Bertz CT molecular complexity index is 83.7. The fourth-order valence-corrected chi connectivity index (χ4v) is 0. The van der Waals surface area contributed by atoms with Crippen molar-refractivity contribution < 1.29 is 61.6 Å². The molecule has 0 fully saturated rings. The molecule has 0 unspecified atom stereocenters. The van der Waals surface area contributed by atoms with Crippen LogP contribution in [0.4, 0.5) is 0 Å². The molecule has 12 heavy (non-hydrogen) atoms. The van der Waals surface area contributed by atoms with Crippen molar-refractivity contribution in [1.82, 2.24) is 0 Å². The minimum atomic E-state index is -0.708. The third-order valence-corrected chi connectivity index (χ3v) is 0.851. The van der Waals surface area contributed by atoms with Gasteiger partial charge >= 0.3 is 51.4 Å². The van der Waals surface area contributed by atoms with Gasteiger partial charge in [0.15, 0.2) is 0 Å². The van der Waals surface area contributed by atoms with E-state index in [0.29, 0.717) is 6.42 Å². The average molecular weight is 200 g/mol. The molecule has 2 nitrogen and oxygen atoms in total. The van der Waals surface area contributed by atoms with Gasteiger partial charge < -0.3 is 10.2 Å². The van der Waals surface area contributed by atoms with Crippen molar-refractivity contribution in [2.24, 2.45) is 0 Å². The van der Waals surface area contributed by atoms with Crippen molar-refractivity contribution in [1.29, 1.82) is 0 Å². The van der Waals surface area contributed by atoms with Crippen LogP contribution in [-0.4, -0.2) is 16.3 Å². The van der Waals surface area contributed by atoms with Gasteiger partial charge in [-0.05, 0) is 20.8 Å². The van der Waals surface area contributed by atoms with Crippen LogP contribution in [0.15, 0.2) is 0 Å². The summed E-state index contributed by atoms with van der Waals surface area (Å²) in [5.74, 6) is 0. The minimum absolute atomic E-state index is 0. The van der Waals surface area contributed by atoms with E-state index in [0.717, 1.165) is 0 Å². The van der Waals surface area contributed by atoms with Gasteiger partial charge in [0.05, 0.1) is 5.60 Å². The van der Waals surface area contributed by atoms with Gasteiger partial charge in [0.25, 0.3) is 0 Å². The summed E-state index contributed by atoms with van der Waals surface area (Å²) in [6.07, 6.45) is 0.715. The first-order valence-corrected chi connectivity index (χ1v) is 3.99. The maximum absolute atomic E-state index is 10.5. The molecular weight excluding hydrogens is 179 g/mol. The Morgan fingerprint density at radius 3 is 1.17 bits per heavy atom. The molecule has 0 radical (unpaired) electrons. The van der Waals surface area contributed by atoms with Gasteiger partial charge in [-0.15, -0.1) is 5.60 Å². The van der Waals surface area contributed by atoms with Gasteiger partial charge in [-0.3, -0.25) is 0 Å². The first-order valence-electron chi connectivity index (χ1n) is 3.99. The van der Waals surface area contributed by atoms with Crippen molar-refractivity contribution >= 4 is 0 Å². The molecule has 0 bridgehead atoms. The summed E-state index contributed by atoms with van der Waals surface area (Å²) in [6, 6.07) is 0. The Hall–Kier alpha value is 1.56. The monoisotopic (exact) mass is 200 g/mol. The smallest absolute Gasteiger partial charge is 0.850 e. The van der Waals surface area contributed by atoms with Crippen LogP contribution in [-0.2, 0) is 0 Å². The summed E-state index contributed by atoms with van der Waals surface area (Å²) in [4.78, 5) is 0. The van der Waals surface area contributed by atoms with Crippen molar-refractivity contribution in [3.63, 3.8) is 0 Å². The molecule has 0 aliphatic carbocycles. The molecule has 0 aromatic rings. The van der Waals surface area contributed by atoms with Crippen LogP contribution in [0.1, 0.15) is 48.0 Å². The first-order chi connectivity index (χ1) is 4.56. The van der Waals surface area contributed by atoms with Crippen LogP contribution in [0, 0.1) is 0 Å². The fourth-order valence-electron chi connectivity index (χ4n) is 0. The number of aliphatic hydroxyl groups is 1. The molecule has 0 spiro atoms. The zero-order chi connectivity index (χ0) is 9.71. The zero-order valence-electron chi connectivity index (χ0n) is 9.56. The maximum Gasteiger partial charge on any atom is 1.00 e. The molecule has 0 aromatic carbocycles. The fraction of sp³-hybridized carbons (Fsp3) is 1.00. The van der Waals surface area contributed by atoms with Gasteiger partial charge in [0.2, 0.25) is 0 Å². The molecule has 0 heterocycles. The summed E-state index contributed by atoms with van der Waals surface area (Å²) < 4.78 is 0. The zero-order valence-corrected chi connectivity index (χ0v) is 12.7. The second-order valence-electron chi connectivity index (χ2n) is 4.28. The van der Waals surface area contributed by atoms with Crippen LogP contribution in [0.3, 0.4) is 0 Å². The number of hydrogen-bond acceptors (Lipinski definition) is 2. The van der Waals surface area contributed by atoms with Crippen LogP contribution in [0.2, 0.25) is 0 Å². The third-order valence-electron chi connectivity index (χ3n) is 0.851. The normalized spacial score (nSPS) is 11.0. The van der Waals surface area contributed by atoms with Crippen LogP contribution >= 0.6 is 0 Å². The Morgan fingerprint density at radius 1 is 1.08 bits per heavy atom. The standard InChI is InChI=1S/C5H11O.C4H10O.K/c1-4-5(2,3)6;1-4(2,3)5;/h4H2,1-3H3;5H,1-3H3;/q-1;;+1. The van der Waals surface area contributed by atoms with E-state index in [9.17, 15) is 5.11 Å². The van der Waals surface area contributed by atoms with E-state index in [1.807, 2.05) is 6.92 Å². The molecule has 0 amide bonds. The quantitative estimate of drug-likeness (QED) is 0.514. The molecule has 70 valence electrons. The van der Waals surface area contributed by atoms with Gasteiger partial charge in [0, 0.05) is 0 Å². The summed E-state index contributed by atoms with van der Waals surface area (Å²) in [7, 11) is 0. The third kappa shape index (κ3) is 62.0. The van der Waals surface area contributed by atoms with Crippen LogP contribution in [0.25, 0.3) is 0 Å². The predicted molar refractivity (Wildman–Crippen MR) is 46.3 cm³/mol. The molecule has 0 saturated carbocycles.